The minimum atomic E-state index is 0.226. The molecule has 0 saturated carbocycles. The van der Waals surface area contributed by atoms with E-state index in [1.54, 1.807) is 12.1 Å². The Balaban J connectivity index is 1.65. The maximum atomic E-state index is 12.1. The van der Waals surface area contributed by atoms with Gasteiger partial charge in [0.25, 0.3) is 0 Å². The topological polar surface area (TPSA) is 32.8 Å². The summed E-state index contributed by atoms with van der Waals surface area (Å²) < 4.78 is 5.63. The lowest BCUT2D eigenvalue weighted by Gasteiger charge is -2.28. The molecule has 0 bridgehead atoms. The van der Waals surface area contributed by atoms with Crippen molar-refractivity contribution in [3.05, 3.63) is 29.3 Å². The summed E-state index contributed by atoms with van der Waals surface area (Å²) in [5, 5.41) is 0.701. The summed E-state index contributed by atoms with van der Waals surface area (Å²) in [5.41, 5.74) is 0. The number of hydrogen-bond donors (Lipinski definition) is 0. The average Bonchev–Trinajstić information content (AvgIpc) is 2.50. The molecule has 0 spiro atoms. The quantitative estimate of drug-likeness (QED) is 0.810. The Morgan fingerprint density at radius 1 is 1.24 bits per heavy atom. The number of carbonyl (C=O) groups is 1. The molecule has 1 aromatic carbocycles. The van der Waals surface area contributed by atoms with Gasteiger partial charge >= 0.3 is 0 Å². The van der Waals surface area contributed by atoms with Gasteiger partial charge in [-0.3, -0.25) is 9.69 Å². The lowest BCUT2D eigenvalue weighted by Crippen LogP contribution is -2.42. The van der Waals surface area contributed by atoms with Crippen LogP contribution in [-0.4, -0.2) is 55.5 Å². The molecule has 1 aliphatic rings. The van der Waals surface area contributed by atoms with Crippen molar-refractivity contribution >= 4 is 17.5 Å². The van der Waals surface area contributed by atoms with E-state index in [4.69, 9.17) is 16.3 Å². The smallest absolute Gasteiger partial charge is 0.236 e. The number of carbonyl (C=O) groups excluding carboxylic acids is 1. The Morgan fingerprint density at radius 2 is 1.90 bits per heavy atom. The minimum Gasteiger partial charge on any atom is -0.492 e. The third kappa shape index (κ3) is 5.56. The van der Waals surface area contributed by atoms with Gasteiger partial charge in [-0.05, 0) is 50.6 Å². The predicted molar refractivity (Wildman–Crippen MR) is 84.9 cm³/mol. The number of piperidine rings is 1. The number of likely N-dealkylation sites (N-methyl/N-ethyl adjacent to an activating group) is 1. The highest BCUT2D eigenvalue weighted by Crippen LogP contribution is 2.15. The number of amides is 1. The zero-order chi connectivity index (χ0) is 15.1. The second-order valence-corrected chi connectivity index (χ2v) is 5.92. The van der Waals surface area contributed by atoms with Crippen molar-refractivity contribution in [2.24, 2.45) is 0 Å². The SMILES string of the molecule is CN(CCOc1ccc(Cl)cc1)CC(=O)N1CCCCC1. The van der Waals surface area contributed by atoms with E-state index in [0.717, 1.165) is 38.2 Å². The van der Waals surface area contributed by atoms with Crippen LogP contribution in [0.2, 0.25) is 5.02 Å². The fraction of sp³-hybridized carbons (Fsp3) is 0.562. The molecule has 0 aromatic heterocycles. The first-order chi connectivity index (χ1) is 10.1. The Morgan fingerprint density at radius 3 is 2.57 bits per heavy atom. The van der Waals surface area contributed by atoms with Gasteiger partial charge in [0.05, 0.1) is 6.54 Å². The second-order valence-electron chi connectivity index (χ2n) is 5.48. The molecule has 2 rings (SSSR count). The largest absolute Gasteiger partial charge is 0.492 e. The van der Waals surface area contributed by atoms with E-state index in [1.807, 2.05) is 29.0 Å². The molecule has 1 amide bonds. The van der Waals surface area contributed by atoms with Crippen LogP contribution in [0.4, 0.5) is 0 Å². The summed E-state index contributed by atoms with van der Waals surface area (Å²) in [6.45, 7) is 3.57. The van der Waals surface area contributed by atoms with Gasteiger partial charge in [0.1, 0.15) is 12.4 Å². The van der Waals surface area contributed by atoms with Gasteiger partial charge in [-0.15, -0.1) is 0 Å². The van der Waals surface area contributed by atoms with Gasteiger partial charge in [-0.25, -0.2) is 0 Å². The predicted octanol–water partition coefficient (Wildman–Crippen LogP) is 2.66. The summed E-state index contributed by atoms with van der Waals surface area (Å²) in [7, 11) is 1.95. The number of nitrogens with zero attached hydrogens (tertiary/aromatic N) is 2. The molecule has 4 nitrogen and oxygen atoms in total. The van der Waals surface area contributed by atoms with Crippen molar-refractivity contribution in [1.82, 2.24) is 9.80 Å². The van der Waals surface area contributed by atoms with Crippen LogP contribution in [0.3, 0.4) is 0 Å². The molecule has 1 heterocycles. The molecule has 1 fully saturated rings. The van der Waals surface area contributed by atoms with Crippen LogP contribution in [0.15, 0.2) is 24.3 Å². The van der Waals surface area contributed by atoms with Gasteiger partial charge in [0, 0.05) is 24.7 Å². The lowest BCUT2D eigenvalue weighted by atomic mass is 10.1. The third-order valence-corrected chi connectivity index (χ3v) is 3.92. The zero-order valence-electron chi connectivity index (χ0n) is 12.6. The standard InChI is InChI=1S/C16H23ClN2O2/c1-18(13-16(20)19-9-3-2-4-10-19)11-12-21-15-7-5-14(17)6-8-15/h5-8H,2-4,9-13H2,1H3. The van der Waals surface area contributed by atoms with Crippen molar-refractivity contribution in [3.8, 4) is 5.75 Å². The van der Waals surface area contributed by atoms with Crippen molar-refractivity contribution in [1.29, 1.82) is 0 Å². The summed E-state index contributed by atoms with van der Waals surface area (Å²) in [5.74, 6) is 1.03. The summed E-state index contributed by atoms with van der Waals surface area (Å²) >= 11 is 5.82. The highest BCUT2D eigenvalue weighted by molar-refractivity contribution is 6.30. The molecule has 116 valence electrons. The van der Waals surface area contributed by atoms with E-state index in [0.29, 0.717) is 18.2 Å². The molecular formula is C16H23ClN2O2. The molecule has 5 heteroatoms. The van der Waals surface area contributed by atoms with Gasteiger partial charge in [-0.1, -0.05) is 11.6 Å². The number of ether oxygens (including phenoxy) is 1. The van der Waals surface area contributed by atoms with E-state index in [-0.39, 0.29) is 5.91 Å². The molecule has 0 radical (unpaired) electrons. The molecule has 1 aliphatic heterocycles. The Hall–Kier alpha value is -1.26. The number of hydrogen-bond acceptors (Lipinski definition) is 3. The van der Waals surface area contributed by atoms with Crippen LogP contribution in [0.1, 0.15) is 19.3 Å². The summed E-state index contributed by atoms with van der Waals surface area (Å²) in [4.78, 5) is 16.1. The molecule has 0 unspecified atom stereocenters. The molecule has 21 heavy (non-hydrogen) atoms. The fourth-order valence-electron chi connectivity index (χ4n) is 2.40. The average molecular weight is 311 g/mol. The van der Waals surface area contributed by atoms with E-state index >= 15 is 0 Å². The van der Waals surface area contributed by atoms with Crippen LogP contribution in [0.25, 0.3) is 0 Å². The lowest BCUT2D eigenvalue weighted by molar-refractivity contribution is -0.133. The molecule has 0 atom stereocenters. The van der Waals surface area contributed by atoms with E-state index in [1.165, 1.54) is 6.42 Å². The number of halogens is 1. The molecule has 0 N–H and O–H groups in total. The Labute approximate surface area is 131 Å². The fourth-order valence-corrected chi connectivity index (χ4v) is 2.53. The highest BCUT2D eigenvalue weighted by atomic mass is 35.5. The highest BCUT2D eigenvalue weighted by Gasteiger charge is 2.17. The van der Waals surface area contributed by atoms with Crippen molar-refractivity contribution < 1.29 is 9.53 Å². The van der Waals surface area contributed by atoms with Crippen LogP contribution in [0, 0.1) is 0 Å². The van der Waals surface area contributed by atoms with Crippen LogP contribution in [-0.2, 0) is 4.79 Å². The molecule has 0 aliphatic carbocycles. The second kappa shape index (κ2) is 8.25. The van der Waals surface area contributed by atoms with E-state index < -0.39 is 0 Å². The normalized spacial score (nSPS) is 15.3. The Bertz CT molecular complexity index is 444. The van der Waals surface area contributed by atoms with Crippen LogP contribution < -0.4 is 4.74 Å². The van der Waals surface area contributed by atoms with Gasteiger partial charge in [0.15, 0.2) is 0 Å². The third-order valence-electron chi connectivity index (χ3n) is 3.67. The molecule has 1 aromatic rings. The van der Waals surface area contributed by atoms with Crippen LogP contribution in [0.5, 0.6) is 5.75 Å². The minimum absolute atomic E-state index is 0.226. The van der Waals surface area contributed by atoms with E-state index in [9.17, 15) is 4.79 Å². The number of benzene rings is 1. The van der Waals surface area contributed by atoms with Crippen molar-refractivity contribution in [2.75, 3.05) is 39.8 Å². The Kier molecular flexibility index (Phi) is 6.33. The summed E-state index contributed by atoms with van der Waals surface area (Å²) in [6.07, 6.45) is 3.51. The van der Waals surface area contributed by atoms with Crippen molar-refractivity contribution in [3.63, 3.8) is 0 Å². The number of rotatable bonds is 6. The van der Waals surface area contributed by atoms with Crippen LogP contribution >= 0.6 is 11.6 Å². The first kappa shape index (κ1) is 16.1. The van der Waals surface area contributed by atoms with Crippen molar-refractivity contribution in [2.45, 2.75) is 19.3 Å². The maximum Gasteiger partial charge on any atom is 0.236 e. The zero-order valence-corrected chi connectivity index (χ0v) is 13.3. The monoisotopic (exact) mass is 310 g/mol. The van der Waals surface area contributed by atoms with Gasteiger partial charge < -0.3 is 9.64 Å². The maximum absolute atomic E-state index is 12.1. The van der Waals surface area contributed by atoms with Gasteiger partial charge in [-0.2, -0.15) is 0 Å². The van der Waals surface area contributed by atoms with E-state index in [2.05, 4.69) is 0 Å². The number of likely N-dealkylation sites (tertiary alicyclic amines) is 1. The molecule has 1 saturated heterocycles. The summed E-state index contributed by atoms with van der Waals surface area (Å²) in [6, 6.07) is 7.31. The van der Waals surface area contributed by atoms with Gasteiger partial charge in [0.2, 0.25) is 5.91 Å². The molecular weight excluding hydrogens is 288 g/mol. The first-order valence-corrected chi connectivity index (χ1v) is 7.87. The first-order valence-electron chi connectivity index (χ1n) is 7.50.